The summed E-state index contributed by atoms with van der Waals surface area (Å²) in [7, 11) is 0. The van der Waals surface area contributed by atoms with Crippen LogP contribution in [0.3, 0.4) is 0 Å². The third-order valence-corrected chi connectivity index (χ3v) is 6.73. The van der Waals surface area contributed by atoms with Gasteiger partial charge in [0.2, 0.25) is 5.91 Å². The van der Waals surface area contributed by atoms with Crippen molar-refractivity contribution in [2.75, 3.05) is 57.3 Å². The fourth-order valence-corrected chi connectivity index (χ4v) is 4.62. The second-order valence-corrected chi connectivity index (χ2v) is 8.74. The molecule has 0 unspecified atom stereocenters. The maximum Gasteiger partial charge on any atom is 0.253 e. The van der Waals surface area contributed by atoms with E-state index in [1.54, 1.807) is 0 Å². The minimum absolute atomic E-state index is 0.0563. The maximum atomic E-state index is 12.9. The average Bonchev–Trinajstić information content (AvgIpc) is 2.79. The number of piperidine rings is 1. The zero-order valence-electron chi connectivity index (χ0n) is 19.1. The van der Waals surface area contributed by atoms with E-state index in [0.717, 1.165) is 57.7 Å². The number of nitrogens with zero attached hydrogens (tertiary/aromatic N) is 4. The van der Waals surface area contributed by atoms with Gasteiger partial charge >= 0.3 is 0 Å². The summed E-state index contributed by atoms with van der Waals surface area (Å²) in [6, 6.07) is 8.67. The van der Waals surface area contributed by atoms with Crippen molar-refractivity contribution in [1.29, 1.82) is 0 Å². The lowest BCUT2D eigenvalue weighted by molar-refractivity contribution is -0.136. The minimum Gasteiger partial charge on any atom is -0.369 e. The number of likely N-dealkylation sites (tertiary alicyclic amines) is 1. The molecule has 2 fully saturated rings. The van der Waals surface area contributed by atoms with Gasteiger partial charge < -0.3 is 14.7 Å². The molecular weight excluding hydrogens is 376 g/mol. The normalized spacial score (nSPS) is 18.7. The molecule has 2 aliphatic rings. The van der Waals surface area contributed by atoms with Gasteiger partial charge in [0.15, 0.2) is 0 Å². The molecule has 6 nitrogen and oxygen atoms in total. The fraction of sp³-hybridized carbons (Fsp3) is 0.667. The highest BCUT2D eigenvalue weighted by atomic mass is 16.2. The van der Waals surface area contributed by atoms with Crippen LogP contribution in [0, 0.1) is 5.92 Å². The monoisotopic (exact) mass is 414 g/mol. The summed E-state index contributed by atoms with van der Waals surface area (Å²) >= 11 is 0. The molecule has 0 aliphatic carbocycles. The van der Waals surface area contributed by atoms with E-state index in [4.69, 9.17) is 0 Å². The van der Waals surface area contributed by atoms with E-state index in [-0.39, 0.29) is 17.7 Å². The molecule has 0 atom stereocenters. The SMILES string of the molecule is CCN(CC)C(=O)C1CCN(C(=O)c2ccc(N3CCN(C(C)C)CC3)cc2)CC1. The molecule has 6 heteroatoms. The lowest BCUT2D eigenvalue weighted by Crippen LogP contribution is -2.48. The van der Waals surface area contributed by atoms with Crippen LogP contribution >= 0.6 is 0 Å². The van der Waals surface area contributed by atoms with Gasteiger partial charge in [-0.2, -0.15) is 0 Å². The minimum atomic E-state index is 0.0563. The van der Waals surface area contributed by atoms with Crippen LogP contribution in [-0.2, 0) is 4.79 Å². The number of hydrogen-bond donors (Lipinski definition) is 0. The maximum absolute atomic E-state index is 12.9. The van der Waals surface area contributed by atoms with Crippen LogP contribution in [0.5, 0.6) is 0 Å². The van der Waals surface area contributed by atoms with Crippen LogP contribution in [-0.4, -0.2) is 84.9 Å². The van der Waals surface area contributed by atoms with E-state index in [1.165, 1.54) is 5.69 Å². The Bertz CT molecular complexity index is 698. The first-order valence-corrected chi connectivity index (χ1v) is 11.6. The molecule has 2 heterocycles. The number of carbonyl (C=O) groups excluding carboxylic acids is 2. The number of hydrogen-bond acceptors (Lipinski definition) is 4. The predicted octanol–water partition coefficient (Wildman–Crippen LogP) is 2.94. The van der Waals surface area contributed by atoms with Gasteiger partial charge in [-0.05, 0) is 64.8 Å². The summed E-state index contributed by atoms with van der Waals surface area (Å²) in [5.41, 5.74) is 1.94. The Morgan fingerprint density at radius 2 is 1.50 bits per heavy atom. The zero-order valence-corrected chi connectivity index (χ0v) is 19.1. The quantitative estimate of drug-likeness (QED) is 0.718. The third-order valence-electron chi connectivity index (χ3n) is 6.73. The van der Waals surface area contributed by atoms with E-state index in [2.05, 4.69) is 35.8 Å². The summed E-state index contributed by atoms with van der Waals surface area (Å²) in [6.45, 7) is 15.6. The molecule has 166 valence electrons. The Kier molecular flexibility index (Phi) is 7.75. The van der Waals surface area contributed by atoms with Crippen molar-refractivity contribution in [2.24, 2.45) is 5.92 Å². The molecular formula is C24H38N4O2. The zero-order chi connectivity index (χ0) is 21.7. The fourth-order valence-electron chi connectivity index (χ4n) is 4.62. The highest BCUT2D eigenvalue weighted by Crippen LogP contribution is 2.23. The number of benzene rings is 1. The average molecular weight is 415 g/mol. The lowest BCUT2D eigenvalue weighted by Gasteiger charge is -2.38. The molecule has 0 aromatic heterocycles. The van der Waals surface area contributed by atoms with Crippen LogP contribution in [0.2, 0.25) is 0 Å². The topological polar surface area (TPSA) is 47.1 Å². The molecule has 1 aromatic carbocycles. The second-order valence-electron chi connectivity index (χ2n) is 8.74. The smallest absolute Gasteiger partial charge is 0.253 e. The molecule has 1 aromatic rings. The largest absolute Gasteiger partial charge is 0.369 e. The Hall–Kier alpha value is -2.08. The highest BCUT2D eigenvalue weighted by Gasteiger charge is 2.29. The Morgan fingerprint density at radius 1 is 0.933 bits per heavy atom. The van der Waals surface area contributed by atoms with Gasteiger partial charge in [-0.25, -0.2) is 0 Å². The van der Waals surface area contributed by atoms with Crippen LogP contribution in [0.25, 0.3) is 0 Å². The van der Waals surface area contributed by atoms with Crippen molar-refractivity contribution in [3.05, 3.63) is 29.8 Å². The van der Waals surface area contributed by atoms with Gasteiger partial charge in [-0.3, -0.25) is 14.5 Å². The Balaban J connectivity index is 1.52. The van der Waals surface area contributed by atoms with E-state index in [0.29, 0.717) is 19.1 Å². The Labute approximate surface area is 181 Å². The molecule has 3 rings (SSSR count). The predicted molar refractivity (Wildman–Crippen MR) is 122 cm³/mol. The van der Waals surface area contributed by atoms with E-state index in [1.807, 2.05) is 35.8 Å². The standard InChI is InChI=1S/C24H38N4O2/c1-5-25(6-2)23(29)21-11-13-28(14-12-21)24(30)20-7-9-22(10-8-20)27-17-15-26(16-18-27)19(3)4/h7-10,19,21H,5-6,11-18H2,1-4H3. The van der Waals surface area contributed by atoms with Gasteiger partial charge in [0.25, 0.3) is 5.91 Å². The van der Waals surface area contributed by atoms with E-state index < -0.39 is 0 Å². The van der Waals surface area contributed by atoms with Gasteiger partial charge in [-0.1, -0.05) is 0 Å². The number of amides is 2. The molecule has 2 aliphatic heterocycles. The second kappa shape index (κ2) is 10.3. The number of rotatable bonds is 6. The lowest BCUT2D eigenvalue weighted by atomic mass is 9.94. The van der Waals surface area contributed by atoms with Gasteiger partial charge in [0, 0.05) is 75.6 Å². The molecule has 0 spiro atoms. The van der Waals surface area contributed by atoms with Gasteiger partial charge in [0.05, 0.1) is 0 Å². The van der Waals surface area contributed by atoms with Crippen molar-refractivity contribution in [3.63, 3.8) is 0 Å². The molecule has 0 bridgehead atoms. The van der Waals surface area contributed by atoms with Crippen molar-refractivity contribution in [1.82, 2.24) is 14.7 Å². The van der Waals surface area contributed by atoms with E-state index in [9.17, 15) is 9.59 Å². The number of piperazine rings is 1. The van der Waals surface area contributed by atoms with Crippen molar-refractivity contribution >= 4 is 17.5 Å². The van der Waals surface area contributed by atoms with Crippen LogP contribution in [0.1, 0.15) is 50.9 Å². The van der Waals surface area contributed by atoms with Crippen molar-refractivity contribution < 1.29 is 9.59 Å². The molecule has 2 amide bonds. The highest BCUT2D eigenvalue weighted by molar-refractivity contribution is 5.94. The summed E-state index contributed by atoms with van der Waals surface area (Å²) in [6.07, 6.45) is 1.53. The first-order valence-electron chi connectivity index (χ1n) is 11.6. The third kappa shape index (κ3) is 5.15. The molecule has 0 radical (unpaired) electrons. The van der Waals surface area contributed by atoms with E-state index >= 15 is 0 Å². The molecule has 30 heavy (non-hydrogen) atoms. The first-order chi connectivity index (χ1) is 14.4. The van der Waals surface area contributed by atoms with Gasteiger partial charge in [-0.15, -0.1) is 0 Å². The molecule has 2 saturated heterocycles. The number of carbonyl (C=O) groups is 2. The number of anilines is 1. The summed E-state index contributed by atoms with van der Waals surface area (Å²) in [4.78, 5) is 34.2. The Morgan fingerprint density at radius 3 is 2.00 bits per heavy atom. The summed E-state index contributed by atoms with van der Waals surface area (Å²) in [5, 5.41) is 0. The van der Waals surface area contributed by atoms with Crippen LogP contribution in [0.4, 0.5) is 5.69 Å². The van der Waals surface area contributed by atoms with Crippen molar-refractivity contribution in [3.8, 4) is 0 Å². The van der Waals surface area contributed by atoms with Crippen LogP contribution in [0.15, 0.2) is 24.3 Å². The molecule has 0 saturated carbocycles. The van der Waals surface area contributed by atoms with Crippen LogP contribution < -0.4 is 4.90 Å². The molecule has 0 N–H and O–H groups in total. The van der Waals surface area contributed by atoms with Gasteiger partial charge in [0.1, 0.15) is 0 Å². The summed E-state index contributed by atoms with van der Waals surface area (Å²) in [5.74, 6) is 0.384. The summed E-state index contributed by atoms with van der Waals surface area (Å²) < 4.78 is 0. The van der Waals surface area contributed by atoms with Crippen molar-refractivity contribution in [2.45, 2.75) is 46.6 Å². The first kappa shape index (κ1) is 22.6.